The van der Waals surface area contributed by atoms with Crippen molar-refractivity contribution >= 4 is 57.0 Å². The highest BCUT2D eigenvalue weighted by atomic mass is 35.5. The maximum Gasteiger partial charge on any atom is 0.134 e. The predicted molar refractivity (Wildman–Crippen MR) is 115 cm³/mol. The number of hydrogen-bond acceptors (Lipinski definition) is 3. The van der Waals surface area contributed by atoms with Gasteiger partial charge in [-0.1, -0.05) is 71.7 Å². The molecule has 0 N–H and O–H groups in total. The fourth-order valence-electron chi connectivity index (χ4n) is 2.89. The average Bonchev–Trinajstić information content (AvgIpc) is 3.17. The van der Waals surface area contributed by atoms with Crippen LogP contribution in [0.25, 0.3) is 33.7 Å². The molecule has 130 valence electrons. The first-order chi connectivity index (χ1) is 13.2. The van der Waals surface area contributed by atoms with Crippen molar-refractivity contribution in [3.63, 3.8) is 0 Å². The van der Waals surface area contributed by atoms with Gasteiger partial charge in [0.05, 0.1) is 11.3 Å². The van der Waals surface area contributed by atoms with E-state index in [9.17, 15) is 5.26 Å². The summed E-state index contributed by atoms with van der Waals surface area (Å²) in [5.74, 6) is 0. The van der Waals surface area contributed by atoms with Crippen LogP contribution in [0.2, 0.25) is 10.0 Å². The Morgan fingerprint density at radius 2 is 1.85 bits per heavy atom. The number of hydrogen-bond donors (Lipinski definition) is 0. The first-order valence-corrected chi connectivity index (χ1v) is 9.80. The van der Waals surface area contributed by atoms with Crippen LogP contribution in [0.5, 0.6) is 0 Å². The quantitative estimate of drug-likeness (QED) is 0.333. The number of nitrogens with zero attached hydrogens (tertiary/aromatic N) is 2. The zero-order valence-corrected chi connectivity index (χ0v) is 16.3. The van der Waals surface area contributed by atoms with Crippen LogP contribution in [0, 0.1) is 11.3 Å². The maximum atomic E-state index is 9.62. The van der Waals surface area contributed by atoms with Crippen molar-refractivity contribution in [1.29, 1.82) is 5.26 Å². The average molecular weight is 407 g/mol. The van der Waals surface area contributed by atoms with Crippen LogP contribution in [0.4, 0.5) is 0 Å². The van der Waals surface area contributed by atoms with Gasteiger partial charge in [0.25, 0.3) is 0 Å². The molecule has 0 aliphatic heterocycles. The van der Waals surface area contributed by atoms with Gasteiger partial charge in [-0.3, -0.25) is 0 Å². The van der Waals surface area contributed by atoms with Gasteiger partial charge < -0.3 is 0 Å². The summed E-state index contributed by atoms with van der Waals surface area (Å²) in [6.45, 7) is 0. The normalized spacial score (nSPS) is 11.5. The molecule has 27 heavy (non-hydrogen) atoms. The molecule has 0 aliphatic carbocycles. The number of allylic oxidation sites excluding steroid dienone is 1. The lowest BCUT2D eigenvalue weighted by Crippen LogP contribution is -1.85. The fourth-order valence-corrected chi connectivity index (χ4v) is 4.13. The molecule has 0 unspecified atom stereocenters. The minimum Gasteiger partial charge on any atom is -0.235 e. The molecule has 1 heterocycles. The molecule has 0 atom stereocenters. The molecule has 3 aromatic carbocycles. The predicted octanol–water partition coefficient (Wildman–Crippen LogP) is 7.33. The lowest BCUT2D eigenvalue weighted by atomic mass is 10.0. The third-order valence-electron chi connectivity index (χ3n) is 4.18. The van der Waals surface area contributed by atoms with E-state index in [1.54, 1.807) is 24.3 Å². The van der Waals surface area contributed by atoms with Gasteiger partial charge in [0.15, 0.2) is 0 Å². The molecule has 0 saturated heterocycles. The van der Waals surface area contributed by atoms with Crippen molar-refractivity contribution in [3.8, 4) is 17.3 Å². The van der Waals surface area contributed by atoms with Crippen molar-refractivity contribution in [2.75, 3.05) is 0 Å². The van der Waals surface area contributed by atoms with Crippen LogP contribution >= 0.6 is 34.5 Å². The summed E-state index contributed by atoms with van der Waals surface area (Å²) >= 11 is 13.6. The van der Waals surface area contributed by atoms with E-state index in [4.69, 9.17) is 28.2 Å². The van der Waals surface area contributed by atoms with Gasteiger partial charge in [-0.25, -0.2) is 4.98 Å². The van der Waals surface area contributed by atoms with E-state index < -0.39 is 0 Å². The fraction of sp³-hybridized carbons (Fsp3) is 0. The van der Waals surface area contributed by atoms with Crippen molar-refractivity contribution in [2.45, 2.75) is 0 Å². The van der Waals surface area contributed by atoms with Crippen molar-refractivity contribution in [2.24, 2.45) is 0 Å². The Morgan fingerprint density at radius 3 is 2.67 bits per heavy atom. The molecular weight excluding hydrogens is 395 g/mol. The first-order valence-electron chi connectivity index (χ1n) is 8.16. The lowest BCUT2D eigenvalue weighted by Gasteiger charge is -2.03. The summed E-state index contributed by atoms with van der Waals surface area (Å²) in [7, 11) is 0. The van der Waals surface area contributed by atoms with E-state index in [1.807, 2.05) is 29.6 Å². The molecule has 0 bridgehead atoms. The molecule has 4 rings (SSSR count). The van der Waals surface area contributed by atoms with Crippen molar-refractivity contribution in [1.82, 2.24) is 4.98 Å². The van der Waals surface area contributed by atoms with Crippen LogP contribution in [0.3, 0.4) is 0 Å². The van der Waals surface area contributed by atoms with Gasteiger partial charge in [-0.2, -0.15) is 5.26 Å². The van der Waals surface area contributed by atoms with Gasteiger partial charge in [0.2, 0.25) is 0 Å². The minimum atomic E-state index is 0.468. The lowest BCUT2D eigenvalue weighted by molar-refractivity contribution is 1.38. The summed E-state index contributed by atoms with van der Waals surface area (Å²) in [6, 6.07) is 21.8. The van der Waals surface area contributed by atoms with Crippen LogP contribution in [-0.4, -0.2) is 4.98 Å². The molecule has 0 radical (unpaired) electrons. The summed E-state index contributed by atoms with van der Waals surface area (Å²) < 4.78 is 0. The van der Waals surface area contributed by atoms with Crippen LogP contribution in [0.1, 0.15) is 10.6 Å². The molecule has 5 heteroatoms. The number of thiazole rings is 1. The molecule has 0 saturated carbocycles. The molecule has 0 spiro atoms. The molecule has 0 fully saturated rings. The van der Waals surface area contributed by atoms with Crippen molar-refractivity contribution in [3.05, 3.63) is 86.7 Å². The van der Waals surface area contributed by atoms with Crippen LogP contribution < -0.4 is 0 Å². The Hall–Kier alpha value is -2.64. The summed E-state index contributed by atoms with van der Waals surface area (Å²) in [4.78, 5) is 4.70. The Balaban J connectivity index is 1.77. The molecule has 2 nitrogen and oxygen atoms in total. The van der Waals surface area contributed by atoms with E-state index in [0.29, 0.717) is 20.6 Å². The van der Waals surface area contributed by atoms with E-state index in [-0.39, 0.29) is 0 Å². The largest absolute Gasteiger partial charge is 0.235 e. The standard InChI is InChI=1S/C22H12Cl2N2S/c23-17-9-8-15(20(24)11-17)10-16(12-25)22-26-21(13-27-22)19-7-3-5-14-4-1-2-6-18(14)19/h1-11,13H. The smallest absolute Gasteiger partial charge is 0.134 e. The zero-order valence-electron chi connectivity index (χ0n) is 14.0. The summed E-state index contributed by atoms with van der Waals surface area (Å²) in [5.41, 5.74) is 3.11. The van der Waals surface area contributed by atoms with Crippen molar-refractivity contribution < 1.29 is 0 Å². The Labute approximate surface area is 170 Å². The highest BCUT2D eigenvalue weighted by molar-refractivity contribution is 7.11. The summed E-state index contributed by atoms with van der Waals surface area (Å²) in [5, 5.41) is 15.6. The highest BCUT2D eigenvalue weighted by Crippen LogP contribution is 2.32. The third-order valence-corrected chi connectivity index (χ3v) is 5.62. The van der Waals surface area contributed by atoms with Gasteiger partial charge in [0.1, 0.15) is 11.1 Å². The Morgan fingerprint density at radius 1 is 1.04 bits per heavy atom. The van der Waals surface area contributed by atoms with Gasteiger partial charge in [-0.05, 0) is 34.5 Å². The molecule has 0 aliphatic rings. The summed E-state index contributed by atoms with van der Waals surface area (Å²) in [6.07, 6.45) is 1.74. The first kappa shape index (κ1) is 17.8. The van der Waals surface area contributed by atoms with Crippen LogP contribution in [0.15, 0.2) is 66.0 Å². The number of nitriles is 1. The van der Waals surface area contributed by atoms with E-state index >= 15 is 0 Å². The Kier molecular flexibility index (Phi) is 4.96. The minimum absolute atomic E-state index is 0.468. The number of fused-ring (bicyclic) bond motifs is 1. The van der Waals surface area contributed by atoms with E-state index in [2.05, 4.69) is 24.3 Å². The SMILES string of the molecule is N#CC(=Cc1ccc(Cl)cc1Cl)c1nc(-c2cccc3ccccc23)cs1. The van der Waals surface area contributed by atoms with E-state index in [1.165, 1.54) is 11.3 Å². The second kappa shape index (κ2) is 7.54. The Bertz CT molecular complexity index is 1210. The maximum absolute atomic E-state index is 9.62. The topological polar surface area (TPSA) is 36.7 Å². The molecular formula is C22H12Cl2N2S. The number of aromatic nitrogens is 1. The second-order valence-corrected chi connectivity index (χ2v) is 7.60. The molecule has 0 amide bonds. The molecule has 1 aromatic heterocycles. The molecule has 4 aromatic rings. The number of halogens is 2. The van der Waals surface area contributed by atoms with Crippen LogP contribution in [-0.2, 0) is 0 Å². The van der Waals surface area contributed by atoms with Gasteiger partial charge in [-0.15, -0.1) is 11.3 Å². The van der Waals surface area contributed by atoms with Gasteiger partial charge in [0, 0.05) is 21.0 Å². The third kappa shape index (κ3) is 3.61. The number of rotatable bonds is 3. The monoisotopic (exact) mass is 406 g/mol. The zero-order chi connectivity index (χ0) is 18.8. The second-order valence-electron chi connectivity index (χ2n) is 5.90. The number of benzene rings is 3. The highest BCUT2D eigenvalue weighted by Gasteiger charge is 2.12. The van der Waals surface area contributed by atoms with Gasteiger partial charge >= 0.3 is 0 Å². The van der Waals surface area contributed by atoms with E-state index in [0.717, 1.165) is 27.6 Å².